The van der Waals surface area contributed by atoms with Gasteiger partial charge in [0.25, 0.3) is 0 Å². The number of hydrogen-bond acceptors (Lipinski definition) is 3. The molecular formula is C15H29N3O. The molecule has 1 aliphatic heterocycles. The quantitative estimate of drug-likeness (QED) is 0.545. The van der Waals surface area contributed by atoms with Crippen LogP contribution in [-0.2, 0) is 4.79 Å². The predicted molar refractivity (Wildman–Crippen MR) is 79.9 cm³/mol. The third kappa shape index (κ3) is 5.74. The van der Waals surface area contributed by atoms with Crippen LogP contribution in [0.5, 0.6) is 0 Å². The Labute approximate surface area is 117 Å². The highest BCUT2D eigenvalue weighted by Crippen LogP contribution is 2.17. The van der Waals surface area contributed by atoms with E-state index >= 15 is 0 Å². The summed E-state index contributed by atoms with van der Waals surface area (Å²) in [5.74, 6) is 0.132. The topological polar surface area (TPSA) is 58.4 Å². The highest BCUT2D eigenvalue weighted by atomic mass is 16.2. The zero-order valence-corrected chi connectivity index (χ0v) is 12.6. The van der Waals surface area contributed by atoms with E-state index in [1.807, 2.05) is 13.8 Å². The molecule has 1 heterocycles. The number of nitrogens with two attached hydrogens (primary N) is 1. The number of carbonyl (C=O) groups excluding carboxylic acids is 1. The van der Waals surface area contributed by atoms with Gasteiger partial charge in [0.2, 0.25) is 5.91 Å². The van der Waals surface area contributed by atoms with Crippen LogP contribution >= 0.6 is 0 Å². The first-order valence-electron chi connectivity index (χ1n) is 7.49. The third-order valence-electron chi connectivity index (χ3n) is 3.39. The Hall–Kier alpha value is -0.870. The second kappa shape index (κ2) is 8.33. The van der Waals surface area contributed by atoms with E-state index in [1.165, 1.54) is 0 Å². The number of carbonyl (C=O) groups is 1. The number of rotatable bonds is 7. The van der Waals surface area contributed by atoms with E-state index in [1.54, 1.807) is 0 Å². The van der Waals surface area contributed by atoms with Gasteiger partial charge >= 0.3 is 0 Å². The van der Waals surface area contributed by atoms with Crippen molar-refractivity contribution in [2.24, 2.45) is 5.73 Å². The van der Waals surface area contributed by atoms with Gasteiger partial charge < -0.3 is 11.1 Å². The Morgan fingerprint density at radius 3 is 2.84 bits per heavy atom. The Bertz CT molecular complexity index is 302. The summed E-state index contributed by atoms with van der Waals surface area (Å²) in [5, 5.41) is 3.00. The van der Waals surface area contributed by atoms with E-state index in [9.17, 15) is 4.79 Å². The maximum Gasteiger partial charge on any atom is 0.237 e. The van der Waals surface area contributed by atoms with Crippen LogP contribution in [0.4, 0.5) is 0 Å². The molecule has 1 saturated heterocycles. The average Bonchev–Trinajstić information content (AvgIpc) is 2.69. The summed E-state index contributed by atoms with van der Waals surface area (Å²) in [7, 11) is 0. The lowest BCUT2D eigenvalue weighted by molar-refractivity contribution is -0.126. The summed E-state index contributed by atoms with van der Waals surface area (Å²) in [6.45, 7) is 7.92. The molecule has 3 N–H and O–H groups in total. The number of unbranched alkanes of at least 4 members (excludes halogenated alkanes) is 1. The summed E-state index contributed by atoms with van der Waals surface area (Å²) in [4.78, 5) is 14.4. The van der Waals surface area contributed by atoms with Crippen LogP contribution < -0.4 is 11.1 Å². The molecule has 0 radical (unpaired) electrons. The Morgan fingerprint density at radius 1 is 1.47 bits per heavy atom. The van der Waals surface area contributed by atoms with Crippen molar-refractivity contribution in [1.82, 2.24) is 10.2 Å². The SMILES string of the molecule is CCC=CCCCN1C[C@@H](N)C[C@H]1C(=O)NC(C)C. The second-order valence-electron chi connectivity index (χ2n) is 5.69. The zero-order chi connectivity index (χ0) is 14.3. The van der Waals surface area contributed by atoms with Crippen LogP contribution in [0.2, 0.25) is 0 Å². The zero-order valence-electron chi connectivity index (χ0n) is 12.6. The van der Waals surface area contributed by atoms with Crippen LogP contribution in [0.25, 0.3) is 0 Å². The van der Waals surface area contributed by atoms with Crippen molar-refractivity contribution >= 4 is 5.91 Å². The fourth-order valence-electron chi connectivity index (χ4n) is 2.54. The molecule has 0 bridgehead atoms. The lowest BCUT2D eigenvalue weighted by Crippen LogP contribution is -2.45. The summed E-state index contributed by atoms with van der Waals surface area (Å²) in [6.07, 6.45) is 8.46. The fraction of sp³-hybridized carbons (Fsp3) is 0.800. The van der Waals surface area contributed by atoms with Gasteiger partial charge in [-0.25, -0.2) is 0 Å². The van der Waals surface area contributed by atoms with Gasteiger partial charge in [0, 0.05) is 18.6 Å². The van der Waals surface area contributed by atoms with Gasteiger partial charge in [-0.2, -0.15) is 0 Å². The number of likely N-dealkylation sites (tertiary alicyclic amines) is 1. The molecule has 1 fully saturated rings. The average molecular weight is 267 g/mol. The number of nitrogens with zero attached hydrogens (tertiary/aromatic N) is 1. The Morgan fingerprint density at radius 2 is 2.21 bits per heavy atom. The monoisotopic (exact) mass is 267 g/mol. The first kappa shape index (κ1) is 16.2. The summed E-state index contributed by atoms with van der Waals surface area (Å²) in [6, 6.07) is 0.292. The molecule has 1 aliphatic rings. The maximum absolute atomic E-state index is 12.1. The standard InChI is InChI=1S/C15H29N3O/c1-4-5-6-7-8-9-18-11-13(16)10-14(18)15(19)17-12(2)3/h5-6,12-14H,4,7-11,16H2,1-3H3,(H,17,19)/t13-,14-/m0/s1. The number of allylic oxidation sites excluding steroid dienone is 2. The molecule has 0 aromatic carbocycles. The van der Waals surface area contributed by atoms with E-state index in [0.717, 1.165) is 38.8 Å². The lowest BCUT2D eigenvalue weighted by Gasteiger charge is -2.24. The molecule has 0 aliphatic carbocycles. The first-order valence-corrected chi connectivity index (χ1v) is 7.49. The molecule has 0 spiro atoms. The van der Waals surface area contributed by atoms with Crippen LogP contribution in [0.1, 0.15) is 46.5 Å². The molecule has 19 heavy (non-hydrogen) atoms. The molecule has 2 atom stereocenters. The minimum Gasteiger partial charge on any atom is -0.353 e. The molecule has 0 aromatic rings. The van der Waals surface area contributed by atoms with Crippen molar-refractivity contribution in [1.29, 1.82) is 0 Å². The van der Waals surface area contributed by atoms with Gasteiger partial charge in [-0.05, 0) is 46.1 Å². The number of amides is 1. The lowest BCUT2D eigenvalue weighted by atomic mass is 10.1. The van der Waals surface area contributed by atoms with E-state index in [0.29, 0.717) is 0 Å². The minimum absolute atomic E-state index is 0.0347. The molecule has 4 nitrogen and oxygen atoms in total. The van der Waals surface area contributed by atoms with E-state index in [4.69, 9.17) is 5.73 Å². The highest BCUT2D eigenvalue weighted by Gasteiger charge is 2.34. The highest BCUT2D eigenvalue weighted by molar-refractivity contribution is 5.82. The largest absolute Gasteiger partial charge is 0.353 e. The summed E-state index contributed by atoms with van der Waals surface area (Å²) >= 11 is 0. The van der Waals surface area contributed by atoms with Crippen LogP contribution in [-0.4, -0.2) is 42.0 Å². The van der Waals surface area contributed by atoms with Crippen molar-refractivity contribution in [3.63, 3.8) is 0 Å². The van der Waals surface area contributed by atoms with E-state index < -0.39 is 0 Å². The first-order chi connectivity index (χ1) is 9.04. The predicted octanol–water partition coefficient (Wildman–Crippen LogP) is 1.66. The summed E-state index contributed by atoms with van der Waals surface area (Å²) in [5.41, 5.74) is 6.00. The van der Waals surface area contributed by atoms with Crippen molar-refractivity contribution in [3.05, 3.63) is 12.2 Å². The van der Waals surface area contributed by atoms with Crippen molar-refractivity contribution in [2.45, 2.75) is 64.6 Å². The molecule has 4 heteroatoms. The molecule has 110 valence electrons. The Kier molecular flexibility index (Phi) is 7.10. The van der Waals surface area contributed by atoms with E-state index in [-0.39, 0.29) is 24.0 Å². The maximum atomic E-state index is 12.1. The molecule has 0 saturated carbocycles. The second-order valence-corrected chi connectivity index (χ2v) is 5.69. The molecule has 1 amide bonds. The minimum atomic E-state index is -0.0347. The molecule has 0 aromatic heterocycles. The van der Waals surface area contributed by atoms with Gasteiger partial charge in [-0.15, -0.1) is 0 Å². The fourth-order valence-corrected chi connectivity index (χ4v) is 2.54. The van der Waals surface area contributed by atoms with Gasteiger partial charge in [0.1, 0.15) is 0 Å². The van der Waals surface area contributed by atoms with E-state index in [2.05, 4.69) is 29.3 Å². The summed E-state index contributed by atoms with van der Waals surface area (Å²) < 4.78 is 0. The van der Waals surface area contributed by atoms with Gasteiger partial charge in [-0.1, -0.05) is 19.1 Å². The molecule has 0 unspecified atom stereocenters. The normalized spacial score (nSPS) is 24.5. The number of nitrogens with one attached hydrogen (secondary N) is 1. The van der Waals surface area contributed by atoms with Gasteiger partial charge in [0.05, 0.1) is 6.04 Å². The van der Waals surface area contributed by atoms with Gasteiger partial charge in [-0.3, -0.25) is 9.69 Å². The molecular weight excluding hydrogens is 238 g/mol. The van der Waals surface area contributed by atoms with Crippen LogP contribution in [0, 0.1) is 0 Å². The van der Waals surface area contributed by atoms with Crippen LogP contribution in [0.15, 0.2) is 12.2 Å². The molecule has 1 rings (SSSR count). The smallest absolute Gasteiger partial charge is 0.237 e. The van der Waals surface area contributed by atoms with Crippen molar-refractivity contribution < 1.29 is 4.79 Å². The van der Waals surface area contributed by atoms with Crippen molar-refractivity contribution in [2.75, 3.05) is 13.1 Å². The van der Waals surface area contributed by atoms with Crippen molar-refractivity contribution in [3.8, 4) is 0 Å². The van der Waals surface area contributed by atoms with Gasteiger partial charge in [0.15, 0.2) is 0 Å². The number of hydrogen-bond donors (Lipinski definition) is 2. The Balaban J connectivity index is 2.41. The van der Waals surface area contributed by atoms with Crippen LogP contribution in [0.3, 0.4) is 0 Å². The third-order valence-corrected chi connectivity index (χ3v) is 3.39.